The van der Waals surface area contributed by atoms with Crippen molar-refractivity contribution in [1.82, 2.24) is 62.3 Å². The summed E-state index contributed by atoms with van der Waals surface area (Å²) in [5.41, 5.74) is 28.2. The Kier molecular flexibility index (Phi) is 30.2. The van der Waals surface area contributed by atoms with Gasteiger partial charge in [0.15, 0.2) is 46.1 Å². The van der Waals surface area contributed by atoms with E-state index in [0.717, 1.165) is 169 Å². The summed E-state index contributed by atoms with van der Waals surface area (Å²) in [6.45, 7) is 13.4. The van der Waals surface area contributed by atoms with Crippen LogP contribution in [0, 0.1) is 18.7 Å². The van der Waals surface area contributed by atoms with Crippen LogP contribution in [-0.4, -0.2) is 219 Å². The van der Waals surface area contributed by atoms with Crippen LogP contribution in [0.5, 0.6) is 46.0 Å². The van der Waals surface area contributed by atoms with Gasteiger partial charge in [0.1, 0.15) is 22.7 Å². The number of likely N-dealkylation sites (N-methyl/N-ethyl adjacent to an activating group) is 2. The van der Waals surface area contributed by atoms with Gasteiger partial charge in [0, 0.05) is 154 Å². The summed E-state index contributed by atoms with van der Waals surface area (Å²) < 4.78 is 64.5. The number of aryl methyl sites for hydroxylation is 1. The number of hydrogen-bond donors (Lipinski definition) is 4. The van der Waals surface area contributed by atoms with Crippen LogP contribution in [-0.2, 0) is 0 Å². The quantitative estimate of drug-likeness (QED) is 0.0515. The Labute approximate surface area is 815 Å². The molecular formula is C111H116FN15O14. The molecule has 0 bridgehead atoms. The summed E-state index contributed by atoms with van der Waals surface area (Å²) in [6, 6.07) is 57.4. The molecule has 0 spiro atoms. The van der Waals surface area contributed by atoms with Crippen molar-refractivity contribution in [2.45, 2.75) is 45.1 Å². The van der Waals surface area contributed by atoms with E-state index in [1.807, 2.05) is 147 Å². The highest BCUT2D eigenvalue weighted by Gasteiger charge is 2.40. The van der Waals surface area contributed by atoms with E-state index in [-0.39, 0.29) is 40.2 Å². The normalized spacial score (nSPS) is 15.9. The van der Waals surface area contributed by atoms with Gasteiger partial charge in [-0.3, -0.25) is 50.9 Å². The Morgan fingerprint density at radius 1 is 0.397 bits per heavy atom. The van der Waals surface area contributed by atoms with Crippen molar-refractivity contribution in [3.05, 3.63) is 329 Å². The van der Waals surface area contributed by atoms with E-state index in [9.17, 15) is 28.4 Å². The molecule has 0 amide bonds. The summed E-state index contributed by atoms with van der Waals surface area (Å²) in [5, 5.41) is 15.7. The first-order chi connectivity index (χ1) is 68.5. The fourth-order valence-electron chi connectivity index (χ4n) is 18.9. The molecule has 0 radical (unpaired) electrons. The number of fused-ring (bicyclic) bond motifs is 6. The third-order valence-electron chi connectivity index (χ3n) is 26.9. The molecule has 29 nitrogen and oxygen atoms in total. The largest absolute Gasteiger partial charge is 0.495 e. The van der Waals surface area contributed by atoms with E-state index in [0.29, 0.717) is 104 Å². The zero-order valence-corrected chi connectivity index (χ0v) is 81.1. The number of methoxy groups -OCH3 is 8. The molecule has 2 fully saturated rings. The second kappa shape index (κ2) is 43.8. The van der Waals surface area contributed by atoms with E-state index in [1.165, 1.54) is 60.6 Å². The molecule has 2 atom stereocenters. The number of rotatable bonds is 20. The Hall–Kier alpha value is -15.3. The van der Waals surface area contributed by atoms with E-state index in [4.69, 9.17) is 53.7 Å². The molecule has 10 aromatic heterocycles. The molecule has 5 aromatic carbocycles. The van der Waals surface area contributed by atoms with Crippen molar-refractivity contribution in [3.8, 4) is 102 Å². The first kappa shape index (κ1) is 97.3. The van der Waals surface area contributed by atoms with E-state index >= 15 is 0 Å². The third kappa shape index (κ3) is 21.8. The zero-order valence-electron chi connectivity index (χ0n) is 81.1. The monoisotopic (exact) mass is 1900 g/mol. The van der Waals surface area contributed by atoms with Crippen LogP contribution < -0.4 is 87.0 Å². The van der Waals surface area contributed by atoms with Crippen molar-refractivity contribution >= 4 is 61.6 Å². The first-order valence-electron chi connectivity index (χ1n) is 47.1. The van der Waals surface area contributed by atoms with E-state index in [2.05, 4.69) is 96.8 Å². The maximum Gasteiger partial charge on any atom is 0.258 e. The minimum Gasteiger partial charge on any atom is -0.495 e. The maximum atomic E-state index is 14.1. The van der Waals surface area contributed by atoms with Crippen molar-refractivity contribution in [2.24, 2.45) is 5.92 Å². The van der Waals surface area contributed by atoms with Crippen LogP contribution >= 0.6 is 0 Å². The molecule has 0 unspecified atom stereocenters. The molecule has 15 aromatic rings. The topological polar surface area (TPSA) is 303 Å². The smallest absolute Gasteiger partial charge is 0.258 e. The SMILES string of the molecule is COc1cc(-c2cc(=O)n3cc(C4=CCNCC4)ccc3c2)ccc1N.COc1ccc(-c2cc(=O)n3cc(C4=CCN(C)CC4)ccc3c2)cc1OC.COc1ccc(-c2cc(=O)n3cc(C4=CCN(CCO)CC4)ccc3n2)cc1OC.COc1ccc(-c2cc(=O)n3cc(C4=CCNCC4)cc(C)c3n2)cc1OC.COc1ccc(-c2cc(=O)n3cc(N4C[C@H]5CCN(C)[C@H]5C4)ccc3n2)cc1F. The number of aromatic nitrogens is 8. The van der Waals surface area contributed by atoms with Gasteiger partial charge in [0.2, 0.25) is 0 Å². The van der Waals surface area contributed by atoms with Crippen LogP contribution in [0.25, 0.3) is 106 Å². The lowest BCUT2D eigenvalue weighted by Gasteiger charge is -2.25. The Morgan fingerprint density at radius 2 is 0.837 bits per heavy atom. The number of nitrogens with zero attached hydrogens (tertiary/aromatic N) is 12. The summed E-state index contributed by atoms with van der Waals surface area (Å²) in [4.78, 5) is 87.3. The van der Waals surface area contributed by atoms with Crippen molar-refractivity contribution < 1.29 is 47.4 Å². The molecule has 0 saturated carbocycles. The number of benzene rings is 5. The number of halogens is 1. The van der Waals surface area contributed by atoms with Gasteiger partial charge in [-0.05, 0) is 284 Å². The summed E-state index contributed by atoms with van der Waals surface area (Å²) in [5.74, 6) is 4.75. The van der Waals surface area contributed by atoms with Gasteiger partial charge in [0.25, 0.3) is 27.8 Å². The number of β-amino-alcohol motifs (C(OH)–C–C–N with tert-alkyl or cyclic N) is 1. The fourth-order valence-corrected chi connectivity index (χ4v) is 18.9. The number of anilines is 2. The van der Waals surface area contributed by atoms with Crippen LogP contribution in [0.1, 0.15) is 59.9 Å². The van der Waals surface area contributed by atoms with Gasteiger partial charge >= 0.3 is 0 Å². The van der Waals surface area contributed by atoms with Crippen molar-refractivity contribution in [3.63, 3.8) is 0 Å². The predicted octanol–water partition coefficient (Wildman–Crippen LogP) is 14.8. The predicted molar refractivity (Wildman–Crippen MR) is 554 cm³/mol. The highest BCUT2D eigenvalue weighted by Crippen LogP contribution is 2.39. The molecule has 21 rings (SSSR count). The molecule has 30 heteroatoms. The second-order valence-corrected chi connectivity index (χ2v) is 35.5. The van der Waals surface area contributed by atoms with Gasteiger partial charge in [-0.2, -0.15) is 0 Å². The molecule has 0 aliphatic carbocycles. The van der Waals surface area contributed by atoms with E-state index < -0.39 is 5.82 Å². The molecular weight excluding hydrogens is 1790 g/mol. The van der Waals surface area contributed by atoms with Crippen LogP contribution in [0.3, 0.4) is 0 Å². The summed E-state index contributed by atoms with van der Waals surface area (Å²) in [7, 11) is 16.9. The zero-order chi connectivity index (χ0) is 98.6. The Bertz CT molecular complexity index is 7690. The number of ether oxygens (including phenoxy) is 8. The number of pyridine rings is 7. The first-order valence-corrected chi connectivity index (χ1v) is 47.1. The Morgan fingerprint density at radius 3 is 1.34 bits per heavy atom. The minimum atomic E-state index is -0.480. The average molecular weight is 1900 g/mol. The molecule has 141 heavy (non-hydrogen) atoms. The van der Waals surface area contributed by atoms with Gasteiger partial charge in [0.05, 0.1) is 91.9 Å². The highest BCUT2D eigenvalue weighted by molar-refractivity contribution is 5.78. The van der Waals surface area contributed by atoms with Gasteiger partial charge in [-0.25, -0.2) is 19.3 Å². The second-order valence-electron chi connectivity index (χ2n) is 35.5. The lowest BCUT2D eigenvalue weighted by atomic mass is 10.0. The molecule has 6 aliphatic heterocycles. The molecule has 5 N–H and O–H groups in total. The average Bonchev–Trinajstić information content (AvgIpc) is 1.77. The minimum absolute atomic E-state index is 0.0438. The number of nitrogens with one attached hydrogen (secondary N) is 2. The molecule has 6 aliphatic rings. The number of hydrogen-bond acceptors (Lipinski definition) is 24. The third-order valence-corrected chi connectivity index (χ3v) is 26.9. The van der Waals surface area contributed by atoms with Crippen LogP contribution in [0.4, 0.5) is 15.8 Å². The lowest BCUT2D eigenvalue weighted by molar-refractivity contribution is 0.208. The number of likely N-dealkylation sites (tertiary alicyclic amines) is 1. The van der Waals surface area contributed by atoms with Gasteiger partial charge in [-0.1, -0.05) is 48.6 Å². The molecule has 726 valence electrons. The standard InChI is InChI=1S/C23H25N3O4.C23H24N2O3.C22H23FN4O2.C22H23N3O3.C21H21N3O2/c1-29-20-5-3-17(13-21(20)30-2)19-14-23(28)26-15-18(4-6-22(26)24-19)16-7-9-25(10-8-16)11-12-27;1-24-10-8-16(9-11-24)18-4-6-20-12-19(14-23(26)25(20)15-18)17-5-7-21(27-2)22(13-17)28-3;1-25-8-7-15-11-26(13-19(15)25)16-4-6-21-24-18(10-22(28)27(21)12-16)14-3-5-20(29-2)17(23)9-14;1-14-10-17(15-6-8-23-9-7-15)13-25-21(26)12-18(24-22(14)25)16-4-5-19(27-2)20(11-16)28-3;1-26-20-11-15(3-5-19(20)22)17-10-18-4-2-16(13-24(18)21(25)12-17)14-6-8-23-9-7-14/h3-7,13-15,27H,8-12H2,1-2H3;4-8,12-15H,9-11H2,1-3H3;3-6,9-10,12,15,19H,7-8,11,13H2,1-2H3;4-6,10-13,23H,7-9H2,1-3H3;2-6,10-13,23H,7-9,22H2,1H3/t;;15-,19+;;/m..1../s1. The number of nitrogens with two attached hydrogens (primary N) is 1. The van der Waals surface area contributed by atoms with Gasteiger partial charge < -0.3 is 74.1 Å². The summed E-state index contributed by atoms with van der Waals surface area (Å²) >= 11 is 0. The molecule has 16 heterocycles. The van der Waals surface area contributed by atoms with Crippen molar-refractivity contribution in [2.75, 3.05) is 167 Å². The lowest BCUT2D eigenvalue weighted by Crippen LogP contribution is -2.32. The number of aliphatic hydroxyl groups excluding tert-OH is 1. The number of aliphatic hydroxyl groups is 1. The highest BCUT2D eigenvalue weighted by atomic mass is 19.1. The van der Waals surface area contributed by atoms with Crippen LogP contribution in [0.15, 0.2) is 267 Å². The van der Waals surface area contributed by atoms with Gasteiger partial charge in [-0.15, -0.1) is 0 Å². The van der Waals surface area contributed by atoms with Crippen molar-refractivity contribution in [1.29, 1.82) is 0 Å². The maximum absolute atomic E-state index is 14.1. The fraction of sp³-hybridized carbons (Fsp3) is 0.279. The molecule has 2 saturated heterocycles. The van der Waals surface area contributed by atoms with E-state index in [1.54, 1.807) is 114 Å². The Balaban J connectivity index is 0.000000121. The number of nitrogen functional groups attached to an aromatic ring is 1. The summed E-state index contributed by atoms with van der Waals surface area (Å²) in [6.07, 6.45) is 23.3. The van der Waals surface area contributed by atoms with Crippen LogP contribution in [0.2, 0.25) is 0 Å².